The quantitative estimate of drug-likeness (QED) is 0.581. The van der Waals surface area contributed by atoms with Crippen LogP contribution < -0.4 is 5.46 Å². The molecule has 1 aliphatic rings. The van der Waals surface area contributed by atoms with Crippen molar-refractivity contribution in [1.29, 1.82) is 0 Å². The van der Waals surface area contributed by atoms with E-state index in [1.807, 2.05) is 6.92 Å². The first-order valence-electron chi connectivity index (χ1n) is 9.21. The molecular formula is C22H20B2FNO3. The lowest BCUT2D eigenvalue weighted by atomic mass is 9.76. The van der Waals surface area contributed by atoms with Gasteiger partial charge in [0.05, 0.1) is 19.3 Å². The smallest absolute Gasteiger partial charge is 0.255 e. The van der Waals surface area contributed by atoms with Gasteiger partial charge in [-0.25, -0.2) is 4.39 Å². The Morgan fingerprint density at radius 2 is 2.00 bits per heavy atom. The van der Waals surface area contributed by atoms with Crippen molar-refractivity contribution < 1.29 is 18.7 Å². The normalized spacial score (nSPS) is 18.4. The molecule has 1 aliphatic heterocycles. The van der Waals surface area contributed by atoms with Crippen molar-refractivity contribution in [2.24, 2.45) is 0 Å². The van der Waals surface area contributed by atoms with Gasteiger partial charge in [-0.05, 0) is 29.7 Å². The first-order chi connectivity index (χ1) is 13.8. The number of hydrogen-bond donors (Lipinski definition) is 0. The average molecular weight is 387 g/mol. The van der Waals surface area contributed by atoms with Crippen LogP contribution >= 0.6 is 0 Å². The zero-order valence-electron chi connectivity index (χ0n) is 16.4. The summed E-state index contributed by atoms with van der Waals surface area (Å²) in [6.07, 6.45) is 2.51. The molecule has 2 aromatic carbocycles. The van der Waals surface area contributed by atoms with Gasteiger partial charge in [-0.1, -0.05) is 53.5 Å². The van der Waals surface area contributed by atoms with Crippen LogP contribution in [0.4, 0.5) is 4.39 Å². The van der Waals surface area contributed by atoms with Crippen molar-refractivity contribution in [3.63, 3.8) is 0 Å². The number of carbonyl (C=O) groups excluding carboxylic acids is 2. The van der Waals surface area contributed by atoms with E-state index < -0.39 is 17.5 Å². The number of nitrogens with zero attached hydrogens (tertiary/aromatic N) is 1. The predicted octanol–water partition coefficient (Wildman–Crippen LogP) is 1.83. The Labute approximate surface area is 172 Å². The molecule has 2 aromatic rings. The fourth-order valence-electron chi connectivity index (χ4n) is 3.46. The lowest BCUT2D eigenvalue weighted by Gasteiger charge is -2.36. The van der Waals surface area contributed by atoms with E-state index in [9.17, 15) is 9.59 Å². The molecule has 0 N–H and O–H groups in total. The number of likely N-dealkylation sites (N-methyl/N-ethyl adjacent to an activating group) is 1. The molecule has 1 heterocycles. The van der Waals surface area contributed by atoms with Crippen LogP contribution in [0.2, 0.25) is 0 Å². The third kappa shape index (κ3) is 4.06. The summed E-state index contributed by atoms with van der Waals surface area (Å²) < 4.78 is 20.8. The maximum Gasteiger partial charge on any atom is 0.255 e. The fourth-order valence-corrected chi connectivity index (χ4v) is 3.46. The average Bonchev–Trinajstić information content (AvgIpc) is 2.74. The largest absolute Gasteiger partial charge is 0.375 e. The molecular weight excluding hydrogens is 367 g/mol. The van der Waals surface area contributed by atoms with Crippen LogP contribution in [0, 0.1) is 6.92 Å². The summed E-state index contributed by atoms with van der Waals surface area (Å²) in [5, 5.41) is 0. The van der Waals surface area contributed by atoms with E-state index in [1.165, 1.54) is 24.1 Å². The Morgan fingerprint density at radius 1 is 1.31 bits per heavy atom. The topological polar surface area (TPSA) is 46.6 Å². The van der Waals surface area contributed by atoms with Gasteiger partial charge in [0.15, 0.2) is 11.9 Å². The Bertz CT molecular complexity index is 960. The molecule has 0 saturated carbocycles. The number of benzene rings is 2. The number of alkyl halides is 1. The molecule has 1 amide bonds. The SMILES string of the molecule is [B]c1cc(C2=CCOCC2N(C)C(=O)C([B])(F)c2ccccc2)c(C=O)cc1C. The number of hydrogen-bond acceptors (Lipinski definition) is 3. The van der Waals surface area contributed by atoms with Crippen LogP contribution in [0.1, 0.15) is 27.0 Å². The lowest BCUT2D eigenvalue weighted by molar-refractivity contribution is -0.140. The monoisotopic (exact) mass is 387 g/mol. The highest BCUT2D eigenvalue weighted by Crippen LogP contribution is 2.31. The summed E-state index contributed by atoms with van der Waals surface area (Å²) in [5.74, 6) is -0.905. The third-order valence-electron chi connectivity index (χ3n) is 5.22. The second kappa shape index (κ2) is 8.37. The number of amides is 1. The van der Waals surface area contributed by atoms with Gasteiger partial charge in [0.2, 0.25) is 0 Å². The van der Waals surface area contributed by atoms with Gasteiger partial charge in [0.1, 0.15) is 15.7 Å². The second-order valence-electron chi connectivity index (χ2n) is 7.12. The summed E-state index contributed by atoms with van der Waals surface area (Å²) in [5.41, 5.74) is 0.373. The molecule has 144 valence electrons. The van der Waals surface area contributed by atoms with Gasteiger partial charge < -0.3 is 9.64 Å². The van der Waals surface area contributed by atoms with Crippen LogP contribution in [-0.2, 0) is 15.1 Å². The minimum atomic E-state index is -2.70. The maximum atomic E-state index is 15.3. The maximum absolute atomic E-state index is 15.3. The summed E-state index contributed by atoms with van der Waals surface area (Å²) >= 11 is 0. The molecule has 2 atom stereocenters. The van der Waals surface area contributed by atoms with E-state index in [-0.39, 0.29) is 12.2 Å². The Kier molecular flexibility index (Phi) is 6.08. The first-order valence-corrected chi connectivity index (χ1v) is 9.21. The van der Waals surface area contributed by atoms with E-state index in [4.69, 9.17) is 20.4 Å². The number of ether oxygens (including phenoxy) is 1. The van der Waals surface area contributed by atoms with Crippen molar-refractivity contribution in [2.75, 3.05) is 20.3 Å². The molecule has 0 fully saturated rings. The van der Waals surface area contributed by atoms with Crippen molar-refractivity contribution >= 4 is 38.9 Å². The van der Waals surface area contributed by atoms with Gasteiger partial charge in [-0.2, -0.15) is 0 Å². The molecule has 0 aromatic heterocycles. The molecule has 4 radical (unpaired) electrons. The number of halogens is 1. The Balaban J connectivity index is 1.98. The molecule has 0 aliphatic carbocycles. The molecule has 0 spiro atoms. The van der Waals surface area contributed by atoms with Crippen LogP contribution in [0.25, 0.3) is 5.57 Å². The van der Waals surface area contributed by atoms with Gasteiger partial charge >= 0.3 is 0 Å². The van der Waals surface area contributed by atoms with E-state index in [1.54, 1.807) is 36.4 Å². The van der Waals surface area contributed by atoms with Gasteiger partial charge in [-0.15, -0.1) is 0 Å². The number of aldehydes is 1. The highest BCUT2D eigenvalue weighted by atomic mass is 19.1. The zero-order valence-corrected chi connectivity index (χ0v) is 16.4. The van der Waals surface area contributed by atoms with Gasteiger partial charge in [0, 0.05) is 12.6 Å². The Hall–Kier alpha value is -2.66. The van der Waals surface area contributed by atoms with E-state index in [0.717, 1.165) is 11.8 Å². The minimum Gasteiger partial charge on any atom is -0.375 e. The number of carbonyl (C=O) groups is 2. The highest BCUT2D eigenvalue weighted by molar-refractivity contribution is 6.33. The molecule has 3 rings (SSSR count). The van der Waals surface area contributed by atoms with Crippen LogP contribution in [-0.4, -0.2) is 59.1 Å². The van der Waals surface area contributed by atoms with E-state index in [2.05, 4.69) is 0 Å². The van der Waals surface area contributed by atoms with Crippen LogP contribution in [0.5, 0.6) is 0 Å². The predicted molar refractivity (Wildman–Crippen MR) is 112 cm³/mol. The van der Waals surface area contributed by atoms with Gasteiger partial charge in [-0.3, -0.25) is 9.59 Å². The molecule has 0 saturated heterocycles. The zero-order chi connectivity index (χ0) is 21.2. The van der Waals surface area contributed by atoms with Crippen LogP contribution in [0.15, 0.2) is 48.5 Å². The van der Waals surface area contributed by atoms with Crippen molar-refractivity contribution in [1.82, 2.24) is 4.90 Å². The molecule has 0 bridgehead atoms. The lowest BCUT2D eigenvalue weighted by Crippen LogP contribution is -2.50. The van der Waals surface area contributed by atoms with E-state index >= 15 is 4.39 Å². The standard InChI is InChI=1S/C22H20B2FNO3/c1-14-10-15(12-27)18(11-19(14)23)17-8-9-29-13-20(17)26(2)21(28)22(24,25)16-6-4-3-5-7-16/h3-8,10-12,20H,9,13H2,1-2H3. The highest BCUT2D eigenvalue weighted by Gasteiger charge is 2.40. The van der Waals surface area contributed by atoms with Crippen LogP contribution in [0.3, 0.4) is 0 Å². The van der Waals surface area contributed by atoms with Crippen molar-refractivity contribution in [3.05, 3.63) is 70.8 Å². The molecule has 29 heavy (non-hydrogen) atoms. The molecule has 2 unspecified atom stereocenters. The summed E-state index contributed by atoms with van der Waals surface area (Å²) in [4.78, 5) is 25.8. The molecule has 7 heteroatoms. The number of rotatable bonds is 5. The Morgan fingerprint density at radius 3 is 2.66 bits per heavy atom. The summed E-state index contributed by atoms with van der Waals surface area (Å²) in [6, 6.07) is 10.6. The van der Waals surface area contributed by atoms with Crippen molar-refractivity contribution in [2.45, 2.75) is 18.5 Å². The summed E-state index contributed by atoms with van der Waals surface area (Å²) in [7, 11) is 13.3. The van der Waals surface area contributed by atoms with E-state index in [0.29, 0.717) is 28.8 Å². The van der Waals surface area contributed by atoms with Crippen molar-refractivity contribution in [3.8, 4) is 0 Å². The summed E-state index contributed by atoms with van der Waals surface area (Å²) in [6.45, 7) is 2.26. The fraction of sp³-hybridized carbons (Fsp3) is 0.273. The molecule has 4 nitrogen and oxygen atoms in total. The number of aryl methyl sites for hydroxylation is 1. The van der Waals surface area contributed by atoms with Gasteiger partial charge in [0.25, 0.3) is 5.91 Å². The first kappa shape index (κ1) is 21.1. The minimum absolute atomic E-state index is 0.0623. The second-order valence-corrected chi connectivity index (χ2v) is 7.12. The third-order valence-corrected chi connectivity index (χ3v) is 5.22.